The van der Waals surface area contributed by atoms with Gasteiger partial charge in [0.1, 0.15) is 6.04 Å². The first kappa shape index (κ1) is 14.2. The lowest BCUT2D eigenvalue weighted by atomic mass is 10.0. The molecule has 3 aromatic rings. The highest BCUT2D eigenvalue weighted by molar-refractivity contribution is 6.35. The number of allylic oxidation sites excluding steroid dienone is 1. The van der Waals surface area contributed by atoms with Crippen LogP contribution < -0.4 is 5.32 Å². The molecule has 1 aromatic heterocycles. The first-order valence-corrected chi connectivity index (χ1v) is 7.75. The van der Waals surface area contributed by atoms with Crippen molar-refractivity contribution in [1.82, 2.24) is 20.2 Å². The molecule has 0 aliphatic carbocycles. The van der Waals surface area contributed by atoms with Gasteiger partial charge in [0.05, 0.1) is 0 Å². The molecule has 0 bridgehead atoms. The van der Waals surface area contributed by atoms with Crippen LogP contribution in [0.3, 0.4) is 0 Å². The maximum Gasteiger partial charge on any atom is 0.248 e. The molecule has 7 heteroatoms. The van der Waals surface area contributed by atoms with Crippen molar-refractivity contribution >= 4 is 34.8 Å². The molecule has 4 rings (SSSR count). The highest BCUT2D eigenvalue weighted by Crippen LogP contribution is 2.35. The Kier molecular flexibility index (Phi) is 3.52. The minimum Gasteiger partial charge on any atom is -0.323 e. The summed E-state index contributed by atoms with van der Waals surface area (Å²) in [5.41, 5.74) is 2.88. The number of halogens is 2. The molecule has 1 N–H and O–H groups in total. The van der Waals surface area contributed by atoms with E-state index in [9.17, 15) is 0 Å². The van der Waals surface area contributed by atoms with E-state index in [1.807, 2.05) is 48.5 Å². The fraction of sp³-hybridized carbons (Fsp3) is 0.0625. The van der Waals surface area contributed by atoms with Crippen molar-refractivity contribution in [2.24, 2.45) is 0 Å². The van der Waals surface area contributed by atoms with Crippen LogP contribution in [0.15, 0.2) is 54.6 Å². The zero-order valence-electron chi connectivity index (χ0n) is 11.8. The van der Waals surface area contributed by atoms with Gasteiger partial charge in [-0.15, -0.1) is 0 Å². The van der Waals surface area contributed by atoms with Crippen LogP contribution in [0.25, 0.3) is 5.70 Å². The molecular formula is C16H11Cl2N5. The summed E-state index contributed by atoms with van der Waals surface area (Å²) in [6.45, 7) is 0. The third-order valence-corrected chi connectivity index (χ3v) is 4.26. The Bertz CT molecular complexity index is 888. The molecular weight excluding hydrogens is 333 g/mol. The molecule has 0 fully saturated rings. The fourth-order valence-corrected chi connectivity index (χ4v) is 3.12. The number of hydrogen-bond acceptors (Lipinski definition) is 4. The van der Waals surface area contributed by atoms with Crippen LogP contribution >= 0.6 is 23.2 Å². The van der Waals surface area contributed by atoms with E-state index >= 15 is 0 Å². The van der Waals surface area contributed by atoms with E-state index in [-0.39, 0.29) is 6.04 Å². The van der Waals surface area contributed by atoms with Crippen molar-refractivity contribution in [2.75, 3.05) is 5.32 Å². The molecule has 0 radical (unpaired) electrons. The lowest BCUT2D eigenvalue weighted by Gasteiger charge is -2.24. The van der Waals surface area contributed by atoms with Gasteiger partial charge < -0.3 is 5.32 Å². The van der Waals surface area contributed by atoms with E-state index in [1.54, 1.807) is 10.7 Å². The second kappa shape index (κ2) is 5.68. The van der Waals surface area contributed by atoms with Crippen molar-refractivity contribution in [3.05, 3.63) is 75.8 Å². The average molecular weight is 344 g/mol. The molecule has 0 amide bonds. The largest absolute Gasteiger partial charge is 0.323 e. The molecule has 2 aromatic carbocycles. The lowest BCUT2D eigenvalue weighted by Crippen LogP contribution is -2.20. The van der Waals surface area contributed by atoms with E-state index in [0.717, 1.165) is 16.8 Å². The molecule has 5 nitrogen and oxygen atoms in total. The van der Waals surface area contributed by atoms with Gasteiger partial charge in [-0.1, -0.05) is 64.7 Å². The predicted octanol–water partition coefficient (Wildman–Crippen LogP) is 4.04. The van der Waals surface area contributed by atoms with Gasteiger partial charge in [0.2, 0.25) is 5.95 Å². The van der Waals surface area contributed by atoms with Crippen molar-refractivity contribution in [2.45, 2.75) is 6.04 Å². The van der Waals surface area contributed by atoms with Crippen LogP contribution in [0.2, 0.25) is 10.0 Å². The number of rotatable bonds is 2. The van der Waals surface area contributed by atoms with Gasteiger partial charge in [-0.05, 0) is 39.8 Å². The first-order valence-electron chi connectivity index (χ1n) is 6.99. The molecule has 1 aliphatic heterocycles. The molecule has 2 heterocycles. The van der Waals surface area contributed by atoms with Crippen molar-refractivity contribution in [3.63, 3.8) is 0 Å². The summed E-state index contributed by atoms with van der Waals surface area (Å²) in [6.07, 6.45) is 2.05. The number of benzene rings is 2. The summed E-state index contributed by atoms with van der Waals surface area (Å²) in [6, 6.07) is 15.2. The van der Waals surface area contributed by atoms with Gasteiger partial charge in [-0.25, -0.2) is 0 Å². The SMILES string of the molecule is Clc1ccc([C@@H]2C=C(c3ccccc3)Nc3nnnn32)c(Cl)c1. The van der Waals surface area contributed by atoms with Crippen LogP contribution in [0.5, 0.6) is 0 Å². The van der Waals surface area contributed by atoms with E-state index in [0.29, 0.717) is 16.0 Å². The zero-order chi connectivity index (χ0) is 15.8. The minimum absolute atomic E-state index is 0.207. The van der Waals surface area contributed by atoms with Crippen molar-refractivity contribution < 1.29 is 0 Å². The van der Waals surface area contributed by atoms with E-state index < -0.39 is 0 Å². The summed E-state index contributed by atoms with van der Waals surface area (Å²) in [5, 5.41) is 16.3. The van der Waals surface area contributed by atoms with Gasteiger partial charge >= 0.3 is 0 Å². The maximum absolute atomic E-state index is 6.37. The van der Waals surface area contributed by atoms with E-state index in [2.05, 4.69) is 20.8 Å². The molecule has 0 unspecified atom stereocenters. The second-order valence-corrected chi connectivity index (χ2v) is 5.97. The number of fused-ring (bicyclic) bond motifs is 1. The van der Waals surface area contributed by atoms with Crippen molar-refractivity contribution in [3.8, 4) is 0 Å². The Balaban J connectivity index is 1.85. The summed E-state index contributed by atoms with van der Waals surface area (Å²) < 4.78 is 1.70. The van der Waals surface area contributed by atoms with Gasteiger partial charge in [-0.3, -0.25) is 0 Å². The van der Waals surface area contributed by atoms with Crippen LogP contribution in [0, 0.1) is 0 Å². The Hall–Kier alpha value is -2.37. The van der Waals surface area contributed by atoms with Crippen LogP contribution in [0.4, 0.5) is 5.95 Å². The summed E-state index contributed by atoms with van der Waals surface area (Å²) >= 11 is 12.4. The number of tetrazole rings is 1. The summed E-state index contributed by atoms with van der Waals surface area (Å²) in [5.74, 6) is 0.572. The Morgan fingerprint density at radius 2 is 1.87 bits per heavy atom. The van der Waals surface area contributed by atoms with Gasteiger partial charge in [0.15, 0.2) is 0 Å². The third-order valence-electron chi connectivity index (χ3n) is 3.69. The maximum atomic E-state index is 6.37. The zero-order valence-corrected chi connectivity index (χ0v) is 13.3. The van der Waals surface area contributed by atoms with Gasteiger partial charge in [0, 0.05) is 15.7 Å². The van der Waals surface area contributed by atoms with Gasteiger partial charge in [-0.2, -0.15) is 4.68 Å². The molecule has 0 saturated heterocycles. The molecule has 0 saturated carbocycles. The average Bonchev–Trinajstić information content (AvgIpc) is 3.03. The van der Waals surface area contributed by atoms with Gasteiger partial charge in [0.25, 0.3) is 0 Å². The standard InChI is InChI=1S/C16H11Cl2N5/c17-11-6-7-12(13(18)8-11)15-9-14(10-4-2-1-3-5-10)19-16-20-21-22-23(15)16/h1-9,15H,(H,19,20,22)/t15-/m0/s1. The molecule has 1 atom stereocenters. The number of aromatic nitrogens is 4. The Morgan fingerprint density at radius 1 is 1.04 bits per heavy atom. The molecule has 114 valence electrons. The highest BCUT2D eigenvalue weighted by Gasteiger charge is 2.25. The number of hydrogen-bond donors (Lipinski definition) is 1. The molecule has 1 aliphatic rings. The first-order chi connectivity index (χ1) is 11.2. The monoisotopic (exact) mass is 343 g/mol. The lowest BCUT2D eigenvalue weighted by molar-refractivity contribution is 0.586. The molecule has 0 spiro atoms. The Labute approximate surface area is 142 Å². The normalized spacial score (nSPS) is 16.4. The van der Waals surface area contributed by atoms with E-state index in [4.69, 9.17) is 23.2 Å². The smallest absolute Gasteiger partial charge is 0.248 e. The highest BCUT2D eigenvalue weighted by atomic mass is 35.5. The number of nitrogens with one attached hydrogen (secondary N) is 1. The second-order valence-electron chi connectivity index (χ2n) is 5.13. The van der Waals surface area contributed by atoms with Crippen LogP contribution in [-0.4, -0.2) is 20.2 Å². The van der Waals surface area contributed by atoms with E-state index in [1.165, 1.54) is 0 Å². The molecule has 23 heavy (non-hydrogen) atoms. The quantitative estimate of drug-likeness (QED) is 0.762. The summed E-state index contributed by atoms with van der Waals surface area (Å²) in [7, 11) is 0. The Morgan fingerprint density at radius 3 is 2.65 bits per heavy atom. The van der Waals surface area contributed by atoms with Crippen LogP contribution in [0.1, 0.15) is 17.2 Å². The fourth-order valence-electron chi connectivity index (χ4n) is 2.60. The van der Waals surface area contributed by atoms with Crippen molar-refractivity contribution in [1.29, 1.82) is 0 Å². The minimum atomic E-state index is -0.207. The summed E-state index contributed by atoms with van der Waals surface area (Å²) in [4.78, 5) is 0. The topological polar surface area (TPSA) is 55.6 Å². The number of nitrogens with zero attached hydrogens (tertiary/aromatic N) is 4. The third kappa shape index (κ3) is 2.58. The predicted molar refractivity (Wildman–Crippen MR) is 90.5 cm³/mol. The van der Waals surface area contributed by atoms with Crippen LogP contribution in [-0.2, 0) is 0 Å². The number of anilines is 1.